The molecule has 0 aliphatic rings. The minimum Gasteiger partial charge on any atom is -0.444 e. The second-order valence-electron chi connectivity index (χ2n) is 7.52. The van der Waals surface area contributed by atoms with Crippen LogP contribution in [0, 0.1) is 11.8 Å². The number of alkyl carbamates (subject to hydrolysis) is 1. The maximum Gasteiger partial charge on any atom is 0.410 e. The maximum atomic E-state index is 12.3. The van der Waals surface area contributed by atoms with Crippen LogP contribution in [0.15, 0.2) is 0 Å². The van der Waals surface area contributed by atoms with E-state index in [4.69, 9.17) is 4.74 Å². The van der Waals surface area contributed by atoms with E-state index >= 15 is 0 Å². The predicted octanol–water partition coefficient (Wildman–Crippen LogP) is 2.41. The number of carbonyl (C=O) groups excluding carboxylic acids is 2. The summed E-state index contributed by atoms with van der Waals surface area (Å²) in [5, 5.41) is 15.5. The highest BCUT2D eigenvalue weighted by atomic mass is 16.6. The zero-order chi connectivity index (χ0) is 17.6. The first kappa shape index (κ1) is 20.7. The van der Waals surface area contributed by atoms with Gasteiger partial charge in [0.15, 0.2) is 0 Å². The summed E-state index contributed by atoms with van der Waals surface area (Å²) in [5.74, 6) is -0.138. The van der Waals surface area contributed by atoms with Crippen LogP contribution >= 0.6 is 0 Å². The van der Waals surface area contributed by atoms with Crippen molar-refractivity contribution in [1.82, 2.24) is 10.6 Å². The molecule has 0 aliphatic heterocycles. The highest BCUT2D eigenvalue weighted by molar-refractivity contribution is 5.88. The van der Waals surface area contributed by atoms with Crippen molar-refractivity contribution >= 4 is 12.0 Å². The van der Waals surface area contributed by atoms with E-state index in [2.05, 4.69) is 10.6 Å². The molecule has 1 atom stereocenters. The molecule has 0 fully saturated rings. The Morgan fingerprint density at radius 1 is 1.09 bits per heavy atom. The molecule has 0 spiro atoms. The molecule has 0 aromatic heterocycles. The van der Waals surface area contributed by atoms with Crippen LogP contribution in [-0.4, -0.2) is 35.0 Å². The third-order valence-corrected chi connectivity index (χ3v) is 2.79. The first-order chi connectivity index (χ1) is 9.85. The fraction of sp³-hybridized carbons (Fsp3) is 0.875. The van der Waals surface area contributed by atoms with E-state index in [0.717, 1.165) is 6.42 Å². The van der Waals surface area contributed by atoms with Gasteiger partial charge in [-0.05, 0) is 39.0 Å². The number of carbonyl (C=O) groups is 2. The first-order valence-corrected chi connectivity index (χ1v) is 7.87. The normalized spacial score (nSPS) is 14.6. The highest BCUT2D eigenvalue weighted by Gasteiger charge is 2.39. The van der Waals surface area contributed by atoms with Gasteiger partial charge in [-0.3, -0.25) is 10.1 Å². The third kappa shape index (κ3) is 8.87. The van der Waals surface area contributed by atoms with Crippen LogP contribution in [0.1, 0.15) is 61.3 Å². The zero-order valence-corrected chi connectivity index (χ0v) is 14.9. The van der Waals surface area contributed by atoms with Crippen molar-refractivity contribution in [2.45, 2.75) is 72.6 Å². The summed E-state index contributed by atoms with van der Waals surface area (Å²) in [6.07, 6.45) is 0.102. The van der Waals surface area contributed by atoms with E-state index in [-0.39, 0.29) is 12.3 Å². The van der Waals surface area contributed by atoms with Gasteiger partial charge < -0.3 is 15.2 Å². The average Bonchev–Trinajstić information content (AvgIpc) is 2.23. The fourth-order valence-corrected chi connectivity index (χ4v) is 1.88. The summed E-state index contributed by atoms with van der Waals surface area (Å²) in [6.45, 7) is 13.4. The molecule has 0 bridgehead atoms. The number of hydrogen-bond acceptors (Lipinski definition) is 4. The lowest BCUT2D eigenvalue weighted by atomic mass is 9.99. The number of amides is 2. The lowest BCUT2D eigenvalue weighted by molar-refractivity contribution is -0.145. The molecule has 6 heteroatoms. The maximum absolute atomic E-state index is 12.3. The van der Waals surface area contributed by atoms with E-state index in [1.54, 1.807) is 20.8 Å². The Morgan fingerprint density at radius 3 is 2.05 bits per heavy atom. The van der Waals surface area contributed by atoms with E-state index in [1.165, 1.54) is 0 Å². The Morgan fingerprint density at radius 2 is 1.64 bits per heavy atom. The van der Waals surface area contributed by atoms with Crippen LogP contribution in [0.25, 0.3) is 0 Å². The van der Waals surface area contributed by atoms with Crippen molar-refractivity contribution in [3.8, 4) is 0 Å². The van der Waals surface area contributed by atoms with E-state index in [0.29, 0.717) is 12.5 Å². The fourth-order valence-electron chi connectivity index (χ4n) is 1.88. The Labute approximate surface area is 134 Å². The van der Waals surface area contributed by atoms with Gasteiger partial charge in [-0.25, -0.2) is 4.79 Å². The van der Waals surface area contributed by atoms with Gasteiger partial charge in [0.05, 0.1) is 0 Å². The van der Waals surface area contributed by atoms with Gasteiger partial charge in [0.25, 0.3) is 5.91 Å². The van der Waals surface area contributed by atoms with E-state index in [1.807, 2.05) is 27.7 Å². The molecule has 0 rings (SSSR count). The molecule has 0 saturated carbocycles. The van der Waals surface area contributed by atoms with Crippen molar-refractivity contribution in [2.75, 3.05) is 6.54 Å². The molecule has 0 saturated heterocycles. The molecule has 3 N–H and O–H groups in total. The van der Waals surface area contributed by atoms with Crippen molar-refractivity contribution in [2.24, 2.45) is 11.8 Å². The summed E-state index contributed by atoms with van der Waals surface area (Å²) in [7, 11) is 0. The standard InChI is InChI=1S/C16H32N2O4/c1-11(2)8-9-17-13(19)16(21,10-12(3)4)18-14(20)22-15(5,6)7/h11-12,21H,8-10H2,1-7H3,(H,17,19)(H,18,20). The molecule has 22 heavy (non-hydrogen) atoms. The van der Waals surface area contributed by atoms with Crippen LogP contribution in [0.2, 0.25) is 0 Å². The van der Waals surface area contributed by atoms with Crippen molar-refractivity contribution in [3.63, 3.8) is 0 Å². The zero-order valence-electron chi connectivity index (χ0n) is 14.9. The van der Waals surface area contributed by atoms with Gasteiger partial charge in [0.2, 0.25) is 5.72 Å². The summed E-state index contributed by atoms with van der Waals surface area (Å²) in [6, 6.07) is 0. The summed E-state index contributed by atoms with van der Waals surface area (Å²) in [5.41, 5.74) is -2.66. The number of hydrogen-bond donors (Lipinski definition) is 3. The largest absolute Gasteiger partial charge is 0.444 e. The first-order valence-electron chi connectivity index (χ1n) is 7.87. The number of ether oxygens (including phenoxy) is 1. The van der Waals surface area contributed by atoms with Gasteiger partial charge in [-0.15, -0.1) is 0 Å². The summed E-state index contributed by atoms with van der Waals surface area (Å²) < 4.78 is 5.12. The van der Waals surface area contributed by atoms with Crippen molar-refractivity contribution in [1.29, 1.82) is 0 Å². The predicted molar refractivity (Wildman–Crippen MR) is 86.2 cm³/mol. The van der Waals surface area contributed by atoms with E-state index < -0.39 is 23.3 Å². The van der Waals surface area contributed by atoms with Crippen LogP contribution in [0.3, 0.4) is 0 Å². The Bertz CT molecular complexity index is 375. The van der Waals surface area contributed by atoms with Crippen LogP contribution in [0.5, 0.6) is 0 Å². The monoisotopic (exact) mass is 316 g/mol. The summed E-state index contributed by atoms with van der Waals surface area (Å²) in [4.78, 5) is 24.1. The molecule has 0 radical (unpaired) electrons. The highest BCUT2D eigenvalue weighted by Crippen LogP contribution is 2.16. The molecule has 0 aromatic carbocycles. The number of nitrogens with one attached hydrogen (secondary N) is 2. The van der Waals surface area contributed by atoms with Crippen LogP contribution in [-0.2, 0) is 9.53 Å². The second-order valence-corrected chi connectivity index (χ2v) is 7.52. The lowest BCUT2D eigenvalue weighted by Gasteiger charge is -2.31. The van der Waals surface area contributed by atoms with Crippen LogP contribution < -0.4 is 10.6 Å². The van der Waals surface area contributed by atoms with Gasteiger partial charge in [-0.1, -0.05) is 27.7 Å². The van der Waals surface area contributed by atoms with Gasteiger partial charge >= 0.3 is 6.09 Å². The van der Waals surface area contributed by atoms with E-state index in [9.17, 15) is 14.7 Å². The molecule has 6 nitrogen and oxygen atoms in total. The molecule has 0 heterocycles. The topological polar surface area (TPSA) is 87.7 Å². The summed E-state index contributed by atoms with van der Waals surface area (Å²) >= 11 is 0. The minimum atomic E-state index is -1.96. The molecular formula is C16H32N2O4. The molecule has 2 amide bonds. The minimum absolute atomic E-state index is 0.0239. The number of rotatable bonds is 7. The quantitative estimate of drug-likeness (QED) is 0.629. The van der Waals surface area contributed by atoms with Crippen LogP contribution in [0.4, 0.5) is 4.79 Å². The van der Waals surface area contributed by atoms with Gasteiger partial charge in [0, 0.05) is 13.0 Å². The van der Waals surface area contributed by atoms with Crippen molar-refractivity contribution in [3.05, 3.63) is 0 Å². The third-order valence-electron chi connectivity index (χ3n) is 2.79. The number of aliphatic hydroxyl groups is 1. The molecule has 0 aromatic rings. The molecule has 130 valence electrons. The second kappa shape index (κ2) is 8.36. The molecule has 1 unspecified atom stereocenters. The smallest absolute Gasteiger partial charge is 0.410 e. The SMILES string of the molecule is CC(C)CCNC(=O)C(O)(CC(C)C)NC(=O)OC(C)(C)C. The Hall–Kier alpha value is -1.30. The van der Waals surface area contributed by atoms with Gasteiger partial charge in [-0.2, -0.15) is 0 Å². The van der Waals surface area contributed by atoms with Gasteiger partial charge in [0.1, 0.15) is 5.60 Å². The average molecular weight is 316 g/mol. The Balaban J connectivity index is 4.83. The van der Waals surface area contributed by atoms with Crippen molar-refractivity contribution < 1.29 is 19.4 Å². The lowest BCUT2D eigenvalue weighted by Crippen LogP contribution is -2.60. The molecular weight excluding hydrogens is 284 g/mol. The Kier molecular flexibility index (Phi) is 7.87. The molecule has 0 aliphatic carbocycles.